The van der Waals surface area contributed by atoms with Gasteiger partial charge in [0.05, 0.1) is 16.9 Å². The summed E-state index contributed by atoms with van der Waals surface area (Å²) >= 11 is 0. The van der Waals surface area contributed by atoms with Crippen molar-refractivity contribution in [3.8, 4) is 5.69 Å². The Labute approximate surface area is 181 Å². The zero-order valence-corrected chi connectivity index (χ0v) is 19.2. The zero-order valence-electron chi connectivity index (χ0n) is 18.4. The van der Waals surface area contributed by atoms with Crippen molar-refractivity contribution in [2.24, 2.45) is 5.92 Å². The highest BCUT2D eigenvalue weighted by Gasteiger charge is 2.31. The first kappa shape index (κ1) is 23.4. The summed E-state index contributed by atoms with van der Waals surface area (Å²) in [4.78, 5) is 15.4. The molecule has 5 nitrogen and oxygen atoms in total. The van der Waals surface area contributed by atoms with Crippen LogP contribution in [0.2, 0.25) is 0 Å². The predicted octanol–water partition coefficient (Wildman–Crippen LogP) is 4.36. The fraction of sp³-hybridized carbons (Fsp3) is 0.565. The molecule has 1 aromatic carbocycles. The number of aryl methyl sites for hydroxylation is 1. The summed E-state index contributed by atoms with van der Waals surface area (Å²) in [5.74, 6) is 0.784. The molecule has 0 radical (unpaired) electrons. The molecule has 0 unspecified atom stereocenters. The minimum absolute atomic E-state index is 0. The van der Waals surface area contributed by atoms with E-state index < -0.39 is 0 Å². The van der Waals surface area contributed by atoms with Crippen LogP contribution in [0.15, 0.2) is 30.5 Å². The smallest absolute Gasteiger partial charge is 0.257 e. The van der Waals surface area contributed by atoms with Crippen LogP contribution in [-0.4, -0.2) is 46.8 Å². The zero-order chi connectivity index (χ0) is 20.3. The summed E-state index contributed by atoms with van der Waals surface area (Å²) in [5, 5.41) is 8.24. The Morgan fingerprint density at radius 3 is 2.34 bits per heavy atom. The van der Waals surface area contributed by atoms with Gasteiger partial charge in [-0.2, -0.15) is 5.10 Å². The first-order chi connectivity index (χ1) is 13.3. The van der Waals surface area contributed by atoms with Gasteiger partial charge in [-0.15, -0.1) is 12.4 Å². The second kappa shape index (κ2) is 9.77. The van der Waals surface area contributed by atoms with Crippen molar-refractivity contribution in [3.05, 3.63) is 47.3 Å². The van der Waals surface area contributed by atoms with Crippen molar-refractivity contribution in [2.75, 3.05) is 26.2 Å². The van der Waals surface area contributed by atoms with E-state index in [2.05, 4.69) is 64.2 Å². The number of hydrogen-bond donors (Lipinski definition) is 1. The lowest BCUT2D eigenvalue weighted by Gasteiger charge is -2.32. The standard InChI is InChI=1S/C23H34N4O.ClH/c1-6-24-15-18-11-13-26(14-12-18)22(28)20-16-27(25-21(20)23(3,4)5)19-9-7-17(2)8-10-19;/h7-10,16,18,24H,6,11-15H2,1-5H3;1H. The Hall–Kier alpha value is -1.85. The number of carbonyl (C=O) groups excluding carboxylic acids is 1. The number of carbonyl (C=O) groups is 1. The van der Waals surface area contributed by atoms with Gasteiger partial charge in [0.15, 0.2) is 0 Å². The summed E-state index contributed by atoms with van der Waals surface area (Å²) in [6, 6.07) is 8.25. The SMILES string of the molecule is CCNCC1CCN(C(=O)c2cn(-c3ccc(C)cc3)nc2C(C)(C)C)CC1.Cl. The first-order valence-corrected chi connectivity index (χ1v) is 10.5. The molecule has 1 N–H and O–H groups in total. The Morgan fingerprint density at radius 2 is 1.79 bits per heavy atom. The van der Waals surface area contributed by atoms with E-state index in [-0.39, 0.29) is 23.7 Å². The first-order valence-electron chi connectivity index (χ1n) is 10.5. The van der Waals surface area contributed by atoms with Crippen LogP contribution in [0.4, 0.5) is 0 Å². The van der Waals surface area contributed by atoms with Crippen LogP contribution in [0, 0.1) is 12.8 Å². The number of aromatic nitrogens is 2. The van der Waals surface area contributed by atoms with Crippen molar-refractivity contribution in [1.82, 2.24) is 20.0 Å². The van der Waals surface area contributed by atoms with E-state index in [1.807, 2.05) is 15.8 Å². The van der Waals surface area contributed by atoms with Crippen LogP contribution >= 0.6 is 12.4 Å². The number of halogens is 1. The molecule has 1 amide bonds. The molecule has 2 heterocycles. The van der Waals surface area contributed by atoms with Crippen LogP contribution in [0.25, 0.3) is 5.69 Å². The van der Waals surface area contributed by atoms with E-state index in [0.717, 1.165) is 56.0 Å². The Balaban J connectivity index is 0.00000300. The summed E-state index contributed by atoms with van der Waals surface area (Å²) in [7, 11) is 0. The fourth-order valence-electron chi connectivity index (χ4n) is 3.77. The van der Waals surface area contributed by atoms with Crippen molar-refractivity contribution in [2.45, 2.75) is 52.9 Å². The normalized spacial score (nSPS) is 15.3. The molecular weight excluding hydrogens is 384 g/mol. The molecular formula is C23H35ClN4O. The van der Waals surface area contributed by atoms with Gasteiger partial charge in [0.2, 0.25) is 0 Å². The topological polar surface area (TPSA) is 50.2 Å². The number of nitrogens with one attached hydrogen (secondary N) is 1. The number of benzene rings is 1. The molecule has 1 aromatic heterocycles. The van der Waals surface area contributed by atoms with E-state index in [9.17, 15) is 4.79 Å². The molecule has 2 aromatic rings. The highest BCUT2D eigenvalue weighted by molar-refractivity contribution is 5.95. The summed E-state index contributed by atoms with van der Waals surface area (Å²) in [6.07, 6.45) is 4.05. The predicted molar refractivity (Wildman–Crippen MR) is 121 cm³/mol. The molecule has 0 bridgehead atoms. The number of hydrogen-bond acceptors (Lipinski definition) is 3. The number of nitrogens with zero attached hydrogens (tertiary/aromatic N) is 3. The van der Waals surface area contributed by atoms with Gasteiger partial charge >= 0.3 is 0 Å². The summed E-state index contributed by atoms with van der Waals surface area (Å²) < 4.78 is 1.85. The molecule has 0 saturated carbocycles. The third-order valence-electron chi connectivity index (χ3n) is 5.54. The van der Waals surface area contributed by atoms with Gasteiger partial charge in [0.25, 0.3) is 5.91 Å². The second-order valence-electron chi connectivity index (χ2n) is 8.96. The van der Waals surface area contributed by atoms with E-state index >= 15 is 0 Å². The van der Waals surface area contributed by atoms with Crippen molar-refractivity contribution in [3.63, 3.8) is 0 Å². The van der Waals surface area contributed by atoms with E-state index in [1.165, 1.54) is 5.56 Å². The molecule has 29 heavy (non-hydrogen) atoms. The number of amides is 1. The van der Waals surface area contributed by atoms with Gasteiger partial charge in [-0.3, -0.25) is 4.79 Å². The van der Waals surface area contributed by atoms with Gasteiger partial charge < -0.3 is 10.2 Å². The van der Waals surface area contributed by atoms with Crippen molar-refractivity contribution >= 4 is 18.3 Å². The molecule has 0 aliphatic carbocycles. The van der Waals surface area contributed by atoms with Gasteiger partial charge in [-0.25, -0.2) is 4.68 Å². The molecule has 1 saturated heterocycles. The molecule has 160 valence electrons. The molecule has 1 aliphatic rings. The van der Waals surface area contributed by atoms with E-state index in [4.69, 9.17) is 5.10 Å². The maximum Gasteiger partial charge on any atom is 0.257 e. The molecule has 1 aliphatic heterocycles. The molecule has 3 rings (SSSR count). The Kier molecular flexibility index (Phi) is 7.89. The fourth-order valence-corrected chi connectivity index (χ4v) is 3.77. The average molecular weight is 419 g/mol. The third-order valence-corrected chi connectivity index (χ3v) is 5.54. The molecule has 0 spiro atoms. The number of piperidine rings is 1. The third kappa shape index (κ3) is 5.61. The minimum Gasteiger partial charge on any atom is -0.339 e. The van der Waals surface area contributed by atoms with E-state index in [1.54, 1.807) is 0 Å². The van der Waals surface area contributed by atoms with Crippen LogP contribution in [0.5, 0.6) is 0 Å². The average Bonchev–Trinajstić information content (AvgIpc) is 3.13. The number of likely N-dealkylation sites (tertiary alicyclic amines) is 1. The summed E-state index contributed by atoms with van der Waals surface area (Å²) in [6.45, 7) is 14.3. The maximum absolute atomic E-state index is 13.3. The monoisotopic (exact) mass is 418 g/mol. The van der Waals surface area contributed by atoms with Gasteiger partial charge in [-0.1, -0.05) is 45.4 Å². The Morgan fingerprint density at radius 1 is 1.17 bits per heavy atom. The lowest BCUT2D eigenvalue weighted by atomic mass is 9.89. The highest BCUT2D eigenvalue weighted by atomic mass is 35.5. The Bertz CT molecular complexity index is 799. The lowest BCUT2D eigenvalue weighted by molar-refractivity contribution is 0.0688. The van der Waals surface area contributed by atoms with Gasteiger partial charge in [0.1, 0.15) is 0 Å². The van der Waals surface area contributed by atoms with E-state index in [0.29, 0.717) is 5.92 Å². The molecule has 6 heteroatoms. The van der Waals surface area contributed by atoms with Crippen molar-refractivity contribution in [1.29, 1.82) is 0 Å². The highest BCUT2D eigenvalue weighted by Crippen LogP contribution is 2.28. The van der Waals surface area contributed by atoms with Gasteiger partial charge in [-0.05, 0) is 50.9 Å². The van der Waals surface area contributed by atoms with Crippen LogP contribution < -0.4 is 5.32 Å². The molecule has 1 fully saturated rings. The van der Waals surface area contributed by atoms with Crippen LogP contribution in [-0.2, 0) is 5.41 Å². The van der Waals surface area contributed by atoms with Crippen LogP contribution in [0.3, 0.4) is 0 Å². The second-order valence-corrected chi connectivity index (χ2v) is 8.96. The minimum atomic E-state index is -0.190. The largest absolute Gasteiger partial charge is 0.339 e. The lowest BCUT2D eigenvalue weighted by Crippen LogP contribution is -2.41. The maximum atomic E-state index is 13.3. The molecule has 0 atom stereocenters. The summed E-state index contributed by atoms with van der Waals surface area (Å²) in [5.41, 5.74) is 3.61. The quantitative estimate of drug-likeness (QED) is 0.784. The van der Waals surface area contributed by atoms with Gasteiger partial charge in [0, 0.05) is 24.7 Å². The van der Waals surface area contributed by atoms with Crippen LogP contribution in [0.1, 0.15) is 62.2 Å². The van der Waals surface area contributed by atoms with Crippen molar-refractivity contribution < 1.29 is 4.79 Å². The number of rotatable bonds is 5.